The molecule has 1 aromatic carbocycles. The Hall–Kier alpha value is -0.480. The van der Waals surface area contributed by atoms with Crippen LogP contribution in [0.25, 0.3) is 0 Å². The maximum absolute atomic E-state index is 6.12. The van der Waals surface area contributed by atoms with Crippen LogP contribution in [0.4, 0.5) is 0 Å². The molecule has 1 aliphatic carbocycles. The number of aryl methyl sites for hydroxylation is 1. The van der Waals surface area contributed by atoms with E-state index in [2.05, 4.69) is 48.8 Å². The average molecular weight is 324 g/mol. The maximum atomic E-state index is 6.12. The van der Waals surface area contributed by atoms with Gasteiger partial charge in [-0.1, -0.05) is 23.7 Å². The quantitative estimate of drug-likeness (QED) is 0.750. The lowest BCUT2D eigenvalue weighted by Gasteiger charge is -2.20. The highest BCUT2D eigenvalue weighted by Gasteiger charge is 2.26. The van der Waals surface area contributed by atoms with Crippen molar-refractivity contribution in [2.75, 3.05) is 6.26 Å². The Morgan fingerprint density at radius 1 is 1.35 bits per heavy atom. The fourth-order valence-electron chi connectivity index (χ4n) is 2.79. The van der Waals surface area contributed by atoms with Crippen LogP contribution in [-0.4, -0.2) is 6.26 Å². The molecule has 0 saturated carbocycles. The van der Waals surface area contributed by atoms with E-state index >= 15 is 0 Å². The Bertz CT molecular complexity index is 591. The monoisotopic (exact) mass is 323 g/mol. The van der Waals surface area contributed by atoms with E-state index in [9.17, 15) is 0 Å². The summed E-state index contributed by atoms with van der Waals surface area (Å²) in [6.45, 7) is 2.24. The van der Waals surface area contributed by atoms with Crippen molar-refractivity contribution in [1.82, 2.24) is 5.32 Å². The van der Waals surface area contributed by atoms with Gasteiger partial charge in [0.05, 0.1) is 4.34 Å². The van der Waals surface area contributed by atoms with E-state index in [0.717, 1.165) is 10.8 Å². The summed E-state index contributed by atoms with van der Waals surface area (Å²) in [4.78, 5) is 2.77. The third kappa shape index (κ3) is 2.91. The predicted molar refractivity (Wildman–Crippen MR) is 90.2 cm³/mol. The summed E-state index contributed by atoms with van der Waals surface area (Å²) in [5.74, 6) is 0. The summed E-state index contributed by atoms with van der Waals surface area (Å²) in [5.41, 5.74) is 2.75. The molecule has 3 rings (SSSR count). The summed E-state index contributed by atoms with van der Waals surface area (Å²) in [7, 11) is 0. The first-order chi connectivity index (χ1) is 9.67. The fourth-order valence-corrected chi connectivity index (χ4v) is 4.56. The van der Waals surface area contributed by atoms with Crippen LogP contribution in [0, 0.1) is 0 Å². The summed E-state index contributed by atoms with van der Waals surface area (Å²) in [6, 6.07) is 11.8. The van der Waals surface area contributed by atoms with Crippen LogP contribution in [0.2, 0.25) is 4.34 Å². The van der Waals surface area contributed by atoms with Gasteiger partial charge in [-0.15, -0.1) is 23.1 Å². The van der Waals surface area contributed by atoms with Crippen molar-refractivity contribution in [2.45, 2.75) is 36.7 Å². The summed E-state index contributed by atoms with van der Waals surface area (Å²) >= 11 is 9.63. The SMILES string of the molecule is CSc1ccc(C(C)NC2CCc3sc(Cl)cc32)cc1. The van der Waals surface area contributed by atoms with Gasteiger partial charge in [-0.3, -0.25) is 0 Å². The molecule has 1 aliphatic rings. The zero-order chi connectivity index (χ0) is 14.1. The molecule has 0 bridgehead atoms. The number of thiophene rings is 1. The zero-order valence-corrected chi connectivity index (χ0v) is 14.0. The van der Waals surface area contributed by atoms with E-state index < -0.39 is 0 Å². The number of thioether (sulfide) groups is 1. The first-order valence-corrected chi connectivity index (χ1v) is 9.27. The van der Waals surface area contributed by atoms with Crippen molar-refractivity contribution >= 4 is 34.7 Å². The lowest BCUT2D eigenvalue weighted by atomic mass is 10.1. The smallest absolute Gasteiger partial charge is 0.0934 e. The van der Waals surface area contributed by atoms with Crippen molar-refractivity contribution in [2.24, 2.45) is 0 Å². The highest BCUT2D eigenvalue weighted by atomic mass is 35.5. The number of fused-ring (bicyclic) bond motifs is 1. The topological polar surface area (TPSA) is 12.0 Å². The van der Waals surface area contributed by atoms with Gasteiger partial charge in [0.15, 0.2) is 0 Å². The Morgan fingerprint density at radius 3 is 2.80 bits per heavy atom. The fraction of sp³-hybridized carbons (Fsp3) is 0.375. The molecule has 2 aromatic rings. The molecule has 2 atom stereocenters. The van der Waals surface area contributed by atoms with Crippen molar-refractivity contribution in [3.63, 3.8) is 0 Å². The van der Waals surface area contributed by atoms with Gasteiger partial charge in [0.25, 0.3) is 0 Å². The maximum Gasteiger partial charge on any atom is 0.0934 e. The summed E-state index contributed by atoms with van der Waals surface area (Å²) in [5, 5.41) is 3.74. The number of halogens is 1. The molecule has 0 spiro atoms. The number of hydrogen-bond acceptors (Lipinski definition) is 3. The molecule has 0 saturated heterocycles. The van der Waals surface area contributed by atoms with Crippen molar-refractivity contribution in [3.8, 4) is 0 Å². The lowest BCUT2D eigenvalue weighted by molar-refractivity contribution is 0.465. The molecule has 2 unspecified atom stereocenters. The molecule has 1 heterocycles. The molecule has 0 amide bonds. The second-order valence-electron chi connectivity index (χ2n) is 5.18. The minimum atomic E-state index is 0.362. The van der Waals surface area contributed by atoms with Gasteiger partial charge in [-0.05, 0) is 55.3 Å². The van der Waals surface area contributed by atoms with Crippen LogP contribution in [-0.2, 0) is 6.42 Å². The summed E-state index contributed by atoms with van der Waals surface area (Å²) < 4.78 is 0.915. The van der Waals surface area contributed by atoms with E-state index in [1.807, 2.05) is 0 Å². The number of nitrogens with one attached hydrogen (secondary N) is 1. The van der Waals surface area contributed by atoms with Gasteiger partial charge in [0.2, 0.25) is 0 Å². The van der Waals surface area contributed by atoms with Crippen LogP contribution in [0.3, 0.4) is 0 Å². The molecular formula is C16H18ClNS2. The standard InChI is InChI=1S/C16H18ClNS2/c1-10(11-3-5-12(19-2)6-4-11)18-14-7-8-15-13(14)9-16(17)20-15/h3-6,9-10,14,18H,7-8H2,1-2H3. The Balaban J connectivity index is 1.71. The van der Waals surface area contributed by atoms with Crippen LogP contribution in [0.1, 0.15) is 41.4 Å². The minimum absolute atomic E-state index is 0.362. The van der Waals surface area contributed by atoms with Gasteiger partial charge in [-0.2, -0.15) is 0 Å². The average Bonchev–Trinajstić information content (AvgIpc) is 2.99. The second-order valence-corrected chi connectivity index (χ2v) is 7.83. The van der Waals surface area contributed by atoms with Gasteiger partial charge < -0.3 is 5.32 Å². The number of benzene rings is 1. The third-order valence-corrected chi connectivity index (χ3v) is 6.00. The molecule has 20 heavy (non-hydrogen) atoms. The molecule has 0 fully saturated rings. The Kier molecular flexibility index (Phi) is 4.41. The van der Waals surface area contributed by atoms with Gasteiger partial charge in [0, 0.05) is 21.9 Å². The van der Waals surface area contributed by atoms with E-state index in [-0.39, 0.29) is 0 Å². The number of rotatable bonds is 4. The van der Waals surface area contributed by atoms with E-state index in [4.69, 9.17) is 11.6 Å². The summed E-state index contributed by atoms with van der Waals surface area (Å²) in [6.07, 6.45) is 4.45. The van der Waals surface area contributed by atoms with Crippen LogP contribution >= 0.6 is 34.7 Å². The van der Waals surface area contributed by atoms with Crippen LogP contribution in [0.5, 0.6) is 0 Å². The molecule has 0 radical (unpaired) electrons. The molecule has 1 aromatic heterocycles. The van der Waals surface area contributed by atoms with Gasteiger partial charge in [-0.25, -0.2) is 0 Å². The second kappa shape index (κ2) is 6.10. The molecule has 4 heteroatoms. The molecule has 0 aliphatic heterocycles. The normalized spacial score (nSPS) is 19.1. The Morgan fingerprint density at radius 2 is 2.10 bits per heavy atom. The Labute approximate surface area is 133 Å². The largest absolute Gasteiger partial charge is 0.303 e. The van der Waals surface area contributed by atoms with Gasteiger partial charge >= 0.3 is 0 Å². The van der Waals surface area contributed by atoms with Crippen LogP contribution < -0.4 is 5.32 Å². The molecule has 1 N–H and O–H groups in total. The zero-order valence-electron chi connectivity index (χ0n) is 11.7. The van der Waals surface area contributed by atoms with E-state index in [0.29, 0.717) is 12.1 Å². The van der Waals surface area contributed by atoms with Crippen molar-refractivity contribution in [3.05, 3.63) is 50.7 Å². The first kappa shape index (κ1) is 14.5. The van der Waals surface area contributed by atoms with Crippen molar-refractivity contribution in [1.29, 1.82) is 0 Å². The first-order valence-electron chi connectivity index (χ1n) is 6.85. The van der Waals surface area contributed by atoms with E-state index in [1.165, 1.54) is 27.3 Å². The molecular weight excluding hydrogens is 306 g/mol. The highest BCUT2D eigenvalue weighted by molar-refractivity contribution is 7.98. The van der Waals surface area contributed by atoms with Crippen LogP contribution in [0.15, 0.2) is 35.2 Å². The predicted octanol–water partition coefficient (Wildman–Crippen LogP) is 5.46. The van der Waals surface area contributed by atoms with Crippen molar-refractivity contribution < 1.29 is 0 Å². The minimum Gasteiger partial charge on any atom is -0.303 e. The van der Waals surface area contributed by atoms with Gasteiger partial charge in [0.1, 0.15) is 0 Å². The lowest BCUT2D eigenvalue weighted by Crippen LogP contribution is -2.22. The van der Waals surface area contributed by atoms with E-state index in [1.54, 1.807) is 23.1 Å². The molecule has 1 nitrogen and oxygen atoms in total. The number of hydrogen-bond donors (Lipinski definition) is 1. The third-order valence-electron chi connectivity index (χ3n) is 3.91. The highest BCUT2D eigenvalue weighted by Crippen LogP contribution is 2.40. The molecule has 106 valence electrons.